The lowest BCUT2D eigenvalue weighted by atomic mass is 9.77. The summed E-state index contributed by atoms with van der Waals surface area (Å²) in [5, 5.41) is 18.5. The van der Waals surface area contributed by atoms with Gasteiger partial charge in [0.15, 0.2) is 0 Å². The maximum Gasteiger partial charge on any atom is 0.492 e. The number of carbonyl (C=O) groups is 1. The molecule has 1 saturated heterocycles. The van der Waals surface area contributed by atoms with E-state index < -0.39 is 48.1 Å². The number of aliphatic hydroxyl groups is 1. The summed E-state index contributed by atoms with van der Waals surface area (Å²) in [5.74, 6) is -3.62. The van der Waals surface area contributed by atoms with E-state index >= 15 is 0 Å². The first-order valence-electron chi connectivity index (χ1n) is 7.38. The van der Waals surface area contributed by atoms with Crippen LogP contribution in [0.5, 0.6) is 0 Å². The molecule has 8 heteroatoms. The minimum absolute atomic E-state index is 0.174. The summed E-state index contributed by atoms with van der Waals surface area (Å²) >= 11 is 0. The van der Waals surface area contributed by atoms with Crippen molar-refractivity contribution >= 4 is 19.2 Å². The first kappa shape index (κ1) is 18.6. The highest BCUT2D eigenvalue weighted by molar-refractivity contribution is 6.55. The third-order valence-electron chi connectivity index (χ3n) is 4.40. The van der Waals surface area contributed by atoms with E-state index in [1.54, 1.807) is 0 Å². The van der Waals surface area contributed by atoms with Crippen molar-refractivity contribution in [3.63, 3.8) is 0 Å². The van der Waals surface area contributed by atoms with E-state index in [0.717, 1.165) is 6.07 Å². The molecule has 0 unspecified atom stereocenters. The van der Waals surface area contributed by atoms with Gasteiger partial charge < -0.3 is 19.5 Å². The van der Waals surface area contributed by atoms with Crippen LogP contribution >= 0.6 is 0 Å². The summed E-state index contributed by atoms with van der Waals surface area (Å²) in [6.45, 7) is 6.80. The topological polar surface area (TPSA) is 76.0 Å². The first-order valence-corrected chi connectivity index (χ1v) is 7.38. The van der Waals surface area contributed by atoms with E-state index in [-0.39, 0.29) is 11.0 Å². The zero-order valence-electron chi connectivity index (χ0n) is 13.9. The second-order valence-corrected chi connectivity index (χ2v) is 6.62. The van der Waals surface area contributed by atoms with Crippen LogP contribution in [0.25, 0.3) is 6.08 Å². The summed E-state index contributed by atoms with van der Waals surface area (Å²) in [4.78, 5) is 11.0. The van der Waals surface area contributed by atoms with Gasteiger partial charge in [0, 0.05) is 11.6 Å². The number of aliphatic hydroxyl groups excluding tert-OH is 1. The van der Waals surface area contributed by atoms with Crippen molar-refractivity contribution in [2.24, 2.45) is 0 Å². The van der Waals surface area contributed by atoms with E-state index in [9.17, 15) is 18.7 Å². The average molecular weight is 340 g/mol. The van der Waals surface area contributed by atoms with Gasteiger partial charge in [-0.15, -0.1) is 0 Å². The normalized spacial score (nSPS) is 19.6. The zero-order chi connectivity index (χ0) is 18.3. The van der Waals surface area contributed by atoms with Crippen LogP contribution in [0.4, 0.5) is 8.78 Å². The van der Waals surface area contributed by atoms with Gasteiger partial charge in [0.05, 0.1) is 23.4 Å². The molecular weight excluding hydrogens is 321 g/mol. The average Bonchev–Trinajstić information content (AvgIpc) is 2.66. The van der Waals surface area contributed by atoms with E-state index in [0.29, 0.717) is 6.07 Å². The Morgan fingerprint density at radius 3 is 2.17 bits per heavy atom. The van der Waals surface area contributed by atoms with Crippen molar-refractivity contribution in [3.05, 3.63) is 40.4 Å². The van der Waals surface area contributed by atoms with Crippen LogP contribution in [0.15, 0.2) is 17.6 Å². The van der Waals surface area contributed by atoms with Crippen molar-refractivity contribution < 1.29 is 33.1 Å². The summed E-state index contributed by atoms with van der Waals surface area (Å²) in [5.41, 5.74) is -1.93. The molecular formula is C16H19BF2O5. The van der Waals surface area contributed by atoms with Gasteiger partial charge >= 0.3 is 13.1 Å². The SMILES string of the molecule is CC1(C)OB(C(=Cc2cc(C(=O)O)c(F)cc2F)CO)OC1(C)C. The molecule has 0 spiro atoms. The second-order valence-electron chi connectivity index (χ2n) is 6.62. The maximum absolute atomic E-state index is 13.9. The van der Waals surface area contributed by atoms with Crippen molar-refractivity contribution in [3.8, 4) is 0 Å². The molecule has 0 atom stereocenters. The molecule has 2 N–H and O–H groups in total. The Kier molecular flexibility index (Phi) is 4.85. The molecule has 0 aliphatic carbocycles. The second kappa shape index (κ2) is 6.27. The highest BCUT2D eigenvalue weighted by atomic mass is 19.1. The van der Waals surface area contributed by atoms with Crippen LogP contribution in [0.2, 0.25) is 0 Å². The maximum atomic E-state index is 13.9. The van der Waals surface area contributed by atoms with E-state index in [4.69, 9.17) is 14.4 Å². The van der Waals surface area contributed by atoms with Gasteiger partial charge in [-0.1, -0.05) is 6.08 Å². The van der Waals surface area contributed by atoms with E-state index in [1.165, 1.54) is 6.08 Å². The predicted octanol–water partition coefficient (Wildman–Crippen LogP) is 2.67. The van der Waals surface area contributed by atoms with Crippen molar-refractivity contribution in [2.45, 2.75) is 38.9 Å². The molecule has 1 aliphatic heterocycles. The number of hydrogen-bond acceptors (Lipinski definition) is 4. The third-order valence-corrected chi connectivity index (χ3v) is 4.40. The van der Waals surface area contributed by atoms with Crippen LogP contribution in [0.1, 0.15) is 43.6 Å². The molecule has 0 aromatic heterocycles. The highest BCUT2D eigenvalue weighted by Crippen LogP contribution is 2.38. The Morgan fingerprint density at radius 1 is 1.17 bits per heavy atom. The molecule has 2 rings (SSSR count). The van der Waals surface area contributed by atoms with Gasteiger partial charge in [0.1, 0.15) is 11.6 Å². The lowest BCUT2D eigenvalue weighted by Crippen LogP contribution is -2.41. The number of carboxylic acid groups (broad SMARTS) is 1. The lowest BCUT2D eigenvalue weighted by Gasteiger charge is -2.32. The molecule has 1 aliphatic rings. The Balaban J connectivity index is 2.42. The van der Waals surface area contributed by atoms with Gasteiger partial charge in [0.25, 0.3) is 0 Å². The van der Waals surface area contributed by atoms with E-state index in [1.807, 2.05) is 27.7 Å². The summed E-state index contributed by atoms with van der Waals surface area (Å²) < 4.78 is 38.9. The quantitative estimate of drug-likeness (QED) is 0.825. The minimum Gasteiger partial charge on any atom is -0.478 e. The van der Waals surface area contributed by atoms with Gasteiger partial charge in [-0.3, -0.25) is 0 Å². The fraction of sp³-hybridized carbons (Fsp3) is 0.438. The Bertz CT molecular complexity index is 684. The molecule has 0 amide bonds. The fourth-order valence-corrected chi connectivity index (χ4v) is 2.22. The number of halogens is 2. The van der Waals surface area contributed by atoms with Gasteiger partial charge in [-0.2, -0.15) is 0 Å². The molecule has 5 nitrogen and oxygen atoms in total. The molecule has 0 radical (unpaired) electrons. The number of rotatable bonds is 4. The minimum atomic E-state index is -1.51. The van der Waals surface area contributed by atoms with Crippen molar-refractivity contribution in [1.29, 1.82) is 0 Å². The molecule has 1 heterocycles. The number of hydrogen-bond donors (Lipinski definition) is 2. The number of benzene rings is 1. The largest absolute Gasteiger partial charge is 0.492 e. The van der Waals surface area contributed by atoms with Gasteiger partial charge in [-0.25, -0.2) is 13.6 Å². The van der Waals surface area contributed by atoms with Crippen LogP contribution in [0.3, 0.4) is 0 Å². The van der Waals surface area contributed by atoms with Crippen LogP contribution in [-0.4, -0.2) is 41.1 Å². The Hall–Kier alpha value is -1.77. The Labute approximate surface area is 139 Å². The molecule has 24 heavy (non-hydrogen) atoms. The molecule has 0 saturated carbocycles. The molecule has 1 fully saturated rings. The summed E-state index contributed by atoms with van der Waals surface area (Å²) in [7, 11) is -0.919. The number of carboxylic acids is 1. The Morgan fingerprint density at radius 2 is 1.71 bits per heavy atom. The first-order chi connectivity index (χ1) is 11.0. The smallest absolute Gasteiger partial charge is 0.478 e. The zero-order valence-corrected chi connectivity index (χ0v) is 13.9. The monoisotopic (exact) mass is 340 g/mol. The van der Waals surface area contributed by atoms with Crippen LogP contribution < -0.4 is 0 Å². The van der Waals surface area contributed by atoms with Crippen molar-refractivity contribution in [2.75, 3.05) is 6.61 Å². The standard InChI is InChI=1S/C16H19BF2O5/c1-15(2)16(3,4)24-17(23-15)10(8-20)5-9-6-11(14(21)22)13(19)7-12(9)18/h5-7,20H,8H2,1-4H3,(H,21,22). The number of aromatic carboxylic acids is 1. The highest BCUT2D eigenvalue weighted by Gasteiger charge is 2.52. The molecule has 0 bridgehead atoms. The third kappa shape index (κ3) is 3.36. The van der Waals surface area contributed by atoms with E-state index in [2.05, 4.69) is 0 Å². The summed E-state index contributed by atoms with van der Waals surface area (Å²) in [6.07, 6.45) is 1.21. The van der Waals surface area contributed by atoms with Gasteiger partial charge in [0.2, 0.25) is 0 Å². The molecule has 1 aromatic carbocycles. The summed E-state index contributed by atoms with van der Waals surface area (Å²) in [6, 6.07) is 1.36. The molecule has 1 aromatic rings. The van der Waals surface area contributed by atoms with Crippen molar-refractivity contribution in [1.82, 2.24) is 0 Å². The lowest BCUT2D eigenvalue weighted by molar-refractivity contribution is 0.00578. The van der Waals surface area contributed by atoms with Crippen LogP contribution in [-0.2, 0) is 9.31 Å². The van der Waals surface area contributed by atoms with Gasteiger partial charge in [-0.05, 0) is 39.2 Å². The molecule has 130 valence electrons. The van der Waals surface area contributed by atoms with Crippen LogP contribution in [0, 0.1) is 11.6 Å². The fourth-order valence-electron chi connectivity index (χ4n) is 2.22. The predicted molar refractivity (Wildman–Crippen MR) is 84.5 cm³/mol.